The molecule has 0 aliphatic heterocycles. The van der Waals surface area contributed by atoms with Gasteiger partial charge in [0, 0.05) is 38.3 Å². The fourth-order valence-corrected chi connectivity index (χ4v) is 4.43. The number of alkyl halides is 5. The highest BCUT2D eigenvalue weighted by atomic mass is 19.4. The molecule has 4 rings (SSSR count). The molecular formula is C28H24F7N5O5. The number of anilines is 2. The van der Waals surface area contributed by atoms with Gasteiger partial charge in [-0.05, 0) is 36.4 Å². The molecule has 0 saturated carbocycles. The van der Waals surface area contributed by atoms with Gasteiger partial charge in [-0.15, -0.1) is 0 Å². The normalized spacial score (nSPS) is 11.6. The number of halogens is 7. The molecule has 10 nitrogen and oxygen atoms in total. The number of benzene rings is 2. The predicted molar refractivity (Wildman–Crippen MR) is 147 cm³/mol. The number of methoxy groups -OCH3 is 1. The first kappa shape index (κ1) is 32.8. The Morgan fingerprint density at radius 1 is 1.07 bits per heavy atom. The van der Waals surface area contributed by atoms with Crippen LogP contribution in [-0.4, -0.2) is 59.3 Å². The largest absolute Gasteiger partial charge is 0.497 e. The summed E-state index contributed by atoms with van der Waals surface area (Å²) in [6.07, 6.45) is -4.97. The fraction of sp³-hybridized carbons (Fsp3) is 0.250. The fourth-order valence-electron chi connectivity index (χ4n) is 4.43. The molecular weight excluding hydrogens is 619 g/mol. The van der Waals surface area contributed by atoms with Crippen molar-refractivity contribution in [2.24, 2.45) is 7.05 Å². The van der Waals surface area contributed by atoms with Crippen molar-refractivity contribution in [2.45, 2.75) is 12.8 Å². The van der Waals surface area contributed by atoms with Gasteiger partial charge in [0.25, 0.3) is 11.5 Å². The summed E-state index contributed by atoms with van der Waals surface area (Å²) in [4.78, 5) is 32.0. The smallest absolute Gasteiger partial charge is 0.433 e. The van der Waals surface area contributed by atoms with Crippen LogP contribution in [0.5, 0.6) is 11.5 Å². The third-order valence-corrected chi connectivity index (χ3v) is 6.53. The molecule has 1 amide bonds. The van der Waals surface area contributed by atoms with Crippen LogP contribution in [0.1, 0.15) is 16.1 Å². The van der Waals surface area contributed by atoms with Gasteiger partial charge in [-0.3, -0.25) is 14.3 Å². The number of amides is 1. The number of carbonyl (C=O) groups is 1. The maximum atomic E-state index is 15.4. The Balaban J connectivity index is 1.99. The van der Waals surface area contributed by atoms with Gasteiger partial charge >= 0.3 is 12.8 Å². The van der Waals surface area contributed by atoms with E-state index in [4.69, 9.17) is 4.74 Å². The van der Waals surface area contributed by atoms with Crippen molar-refractivity contribution in [3.63, 3.8) is 0 Å². The van der Waals surface area contributed by atoms with Gasteiger partial charge in [-0.25, -0.2) is 13.8 Å². The van der Waals surface area contributed by atoms with Crippen LogP contribution in [0.2, 0.25) is 0 Å². The zero-order valence-electron chi connectivity index (χ0n) is 23.6. The Kier molecular flexibility index (Phi) is 9.41. The molecule has 0 aliphatic carbocycles. The van der Waals surface area contributed by atoms with Crippen LogP contribution in [-0.2, 0) is 13.2 Å². The van der Waals surface area contributed by atoms with Crippen molar-refractivity contribution in [2.75, 3.05) is 37.5 Å². The first-order valence-corrected chi connectivity index (χ1v) is 12.8. The van der Waals surface area contributed by atoms with Gasteiger partial charge in [0.15, 0.2) is 5.82 Å². The van der Waals surface area contributed by atoms with Crippen LogP contribution < -0.4 is 25.2 Å². The highest BCUT2D eigenvalue weighted by Gasteiger charge is 2.35. The zero-order chi connectivity index (χ0) is 33.2. The number of hydrogen-bond acceptors (Lipinski definition) is 7. The van der Waals surface area contributed by atoms with E-state index in [0.29, 0.717) is 10.7 Å². The van der Waals surface area contributed by atoms with E-state index in [1.54, 1.807) is 0 Å². The summed E-state index contributed by atoms with van der Waals surface area (Å²) < 4.78 is 107. The van der Waals surface area contributed by atoms with E-state index >= 15 is 8.78 Å². The molecule has 45 heavy (non-hydrogen) atoms. The number of hydrogen-bond donors (Lipinski definition) is 2. The quantitative estimate of drug-likeness (QED) is 0.239. The first-order chi connectivity index (χ1) is 21.2. The van der Waals surface area contributed by atoms with Gasteiger partial charge < -0.3 is 24.8 Å². The van der Waals surface area contributed by atoms with Crippen molar-refractivity contribution in [3.05, 3.63) is 81.8 Å². The Morgan fingerprint density at radius 3 is 2.22 bits per heavy atom. The third-order valence-electron chi connectivity index (χ3n) is 6.53. The number of likely N-dealkylation sites (N-methyl/N-ethyl adjacent to an activating group) is 1. The van der Waals surface area contributed by atoms with E-state index in [9.17, 15) is 36.6 Å². The topological polar surface area (TPSA) is 111 Å². The van der Waals surface area contributed by atoms with Crippen molar-refractivity contribution in [3.8, 4) is 28.6 Å². The molecule has 2 aromatic carbocycles. The Bertz CT molecular complexity index is 1750. The molecule has 0 unspecified atom stereocenters. The van der Waals surface area contributed by atoms with Gasteiger partial charge in [0.1, 0.15) is 40.2 Å². The standard InChI is InChI=1S/C28H24F7N5O5/c1-38(10-11-41)19-8-9-20(28(33,34)35)36-24(19)40-26(43)22(37-25(42)14-4-6-15(7-5-14)45-27(31)32)23(39(40)2)21-17(29)12-16(44-3)13-18(21)30/h4-9,12-13,27,41H,10-11H2,1-3H3,(H,37,42). The van der Waals surface area contributed by atoms with Gasteiger partial charge in [-0.1, -0.05) is 0 Å². The average Bonchev–Trinajstić information content (AvgIpc) is 3.20. The van der Waals surface area contributed by atoms with E-state index in [-0.39, 0.29) is 29.3 Å². The highest BCUT2D eigenvalue weighted by Crippen LogP contribution is 2.36. The number of carbonyl (C=O) groups excluding carboxylic acids is 1. The summed E-state index contributed by atoms with van der Waals surface area (Å²) in [7, 11) is 3.64. The molecule has 17 heteroatoms. The van der Waals surface area contributed by atoms with Crippen LogP contribution in [0.4, 0.5) is 42.1 Å². The lowest BCUT2D eigenvalue weighted by atomic mass is 10.1. The summed E-state index contributed by atoms with van der Waals surface area (Å²) in [6.45, 7) is -3.69. The number of nitrogens with zero attached hydrogens (tertiary/aromatic N) is 4. The number of aliphatic hydroxyl groups excluding tert-OH is 1. The molecule has 240 valence electrons. The maximum Gasteiger partial charge on any atom is 0.433 e. The van der Waals surface area contributed by atoms with Crippen LogP contribution >= 0.6 is 0 Å². The lowest BCUT2D eigenvalue weighted by Crippen LogP contribution is -2.29. The second-order valence-electron chi connectivity index (χ2n) is 9.37. The predicted octanol–water partition coefficient (Wildman–Crippen LogP) is 4.83. The molecule has 0 fully saturated rings. The Hall–Kier alpha value is -5.06. The SMILES string of the molecule is COc1cc(F)c(-c2c(NC(=O)c3ccc(OC(F)F)cc3)c(=O)n(-c3nc(C(F)(F)F)ccc3N(C)CCO)n2C)c(F)c1. The van der Waals surface area contributed by atoms with Gasteiger partial charge in [-0.2, -0.15) is 26.6 Å². The van der Waals surface area contributed by atoms with E-state index in [0.717, 1.165) is 61.3 Å². The molecule has 2 N–H and O–H groups in total. The van der Waals surface area contributed by atoms with E-state index in [2.05, 4.69) is 15.0 Å². The van der Waals surface area contributed by atoms with Crippen molar-refractivity contribution in [1.82, 2.24) is 14.3 Å². The van der Waals surface area contributed by atoms with E-state index < -0.39 is 71.0 Å². The number of ether oxygens (including phenoxy) is 2. The highest BCUT2D eigenvalue weighted by molar-refractivity contribution is 6.06. The van der Waals surface area contributed by atoms with Crippen LogP contribution in [0.15, 0.2) is 53.3 Å². The number of pyridine rings is 1. The van der Waals surface area contributed by atoms with E-state index in [1.807, 2.05) is 0 Å². The minimum absolute atomic E-state index is 0.0885. The third kappa shape index (κ3) is 6.72. The summed E-state index contributed by atoms with van der Waals surface area (Å²) >= 11 is 0. The summed E-state index contributed by atoms with van der Waals surface area (Å²) in [5, 5.41) is 11.7. The number of nitrogens with one attached hydrogen (secondary N) is 1. The molecule has 2 heterocycles. The molecule has 2 aromatic heterocycles. The Labute approximate surface area is 249 Å². The van der Waals surface area contributed by atoms with Gasteiger partial charge in [0.2, 0.25) is 0 Å². The van der Waals surface area contributed by atoms with Crippen molar-refractivity contribution < 1.29 is 50.1 Å². The van der Waals surface area contributed by atoms with Crippen molar-refractivity contribution >= 4 is 17.3 Å². The van der Waals surface area contributed by atoms with Crippen LogP contribution in [0, 0.1) is 11.6 Å². The average molecular weight is 644 g/mol. The lowest BCUT2D eigenvalue weighted by molar-refractivity contribution is -0.141. The molecule has 0 aliphatic rings. The number of aromatic nitrogens is 3. The van der Waals surface area contributed by atoms with Crippen LogP contribution in [0.3, 0.4) is 0 Å². The molecule has 0 atom stereocenters. The lowest BCUT2D eigenvalue weighted by Gasteiger charge is -2.23. The second-order valence-corrected chi connectivity index (χ2v) is 9.37. The van der Waals surface area contributed by atoms with E-state index in [1.165, 1.54) is 11.9 Å². The zero-order valence-corrected chi connectivity index (χ0v) is 23.6. The molecule has 0 spiro atoms. The van der Waals surface area contributed by atoms with Gasteiger partial charge in [0.05, 0.1) is 25.0 Å². The second kappa shape index (κ2) is 12.9. The monoisotopic (exact) mass is 643 g/mol. The summed E-state index contributed by atoms with van der Waals surface area (Å²) in [6, 6.07) is 7.42. The molecule has 4 aromatic rings. The number of rotatable bonds is 10. The minimum Gasteiger partial charge on any atom is -0.497 e. The molecule has 0 saturated heterocycles. The minimum atomic E-state index is -4.97. The summed E-state index contributed by atoms with van der Waals surface area (Å²) in [5.41, 5.74) is -5.14. The maximum absolute atomic E-state index is 15.4. The van der Waals surface area contributed by atoms with Crippen LogP contribution in [0.25, 0.3) is 17.1 Å². The first-order valence-electron chi connectivity index (χ1n) is 12.8. The molecule has 0 radical (unpaired) electrons. The Morgan fingerprint density at radius 2 is 1.69 bits per heavy atom. The summed E-state index contributed by atoms with van der Waals surface area (Å²) in [5.74, 6) is -4.71. The number of aliphatic hydroxyl groups is 1. The van der Waals surface area contributed by atoms with Crippen molar-refractivity contribution in [1.29, 1.82) is 0 Å². The molecule has 0 bridgehead atoms.